The molecule has 1 aromatic rings. The largest absolute Gasteiger partial charge is 0.494 e. The highest BCUT2D eigenvalue weighted by Crippen LogP contribution is 2.24. The molecule has 162 valence electrons. The Kier molecular flexibility index (Phi) is 9.45. The predicted octanol–water partition coefficient (Wildman–Crippen LogP) is 2.15. The number of hydrogen-bond acceptors (Lipinski definition) is 5. The molecule has 0 aromatic carbocycles. The summed E-state index contributed by atoms with van der Waals surface area (Å²) in [6.45, 7) is 7.24. The van der Waals surface area contributed by atoms with Crippen LogP contribution in [0.5, 0.6) is 5.88 Å². The maximum atomic E-state index is 12.7. The van der Waals surface area contributed by atoms with Crippen LogP contribution in [0.4, 0.5) is 18.0 Å². The molecular formula is C18H27BF3N3O4. The van der Waals surface area contributed by atoms with E-state index in [2.05, 4.69) is 16.9 Å². The summed E-state index contributed by atoms with van der Waals surface area (Å²) >= 11 is 0. The second kappa shape index (κ2) is 11.1. The average molecular weight is 417 g/mol. The van der Waals surface area contributed by atoms with Crippen LogP contribution < -0.4 is 15.5 Å². The summed E-state index contributed by atoms with van der Waals surface area (Å²) in [4.78, 5) is 18.1. The number of carbonyl (C=O) groups excluding carboxylic acids is 1. The Morgan fingerprint density at radius 3 is 2.62 bits per heavy atom. The van der Waals surface area contributed by atoms with Crippen molar-refractivity contribution in [3.8, 4) is 5.88 Å². The van der Waals surface area contributed by atoms with E-state index in [1.807, 2.05) is 0 Å². The van der Waals surface area contributed by atoms with Gasteiger partial charge in [-0.25, -0.2) is 9.78 Å². The number of ether oxygens (including phenoxy) is 1. The second-order valence-electron chi connectivity index (χ2n) is 6.53. The maximum absolute atomic E-state index is 12.7. The van der Waals surface area contributed by atoms with Gasteiger partial charge in [-0.05, 0) is 32.3 Å². The Morgan fingerprint density at radius 2 is 2.14 bits per heavy atom. The molecule has 0 radical (unpaired) electrons. The summed E-state index contributed by atoms with van der Waals surface area (Å²) in [7, 11) is -0.475. The van der Waals surface area contributed by atoms with Crippen molar-refractivity contribution in [1.82, 2.24) is 15.2 Å². The van der Waals surface area contributed by atoms with Crippen LogP contribution in [0, 0.1) is 0 Å². The second-order valence-corrected chi connectivity index (χ2v) is 6.53. The zero-order valence-corrected chi connectivity index (χ0v) is 16.7. The summed E-state index contributed by atoms with van der Waals surface area (Å²) in [5.41, 5.74) is 0.560. The van der Waals surface area contributed by atoms with Gasteiger partial charge >= 0.3 is 19.3 Å². The minimum atomic E-state index is -4.31. The van der Waals surface area contributed by atoms with Crippen LogP contribution in [-0.4, -0.2) is 59.0 Å². The molecule has 0 saturated carbocycles. The number of carbonyl (C=O) groups is 1. The predicted molar refractivity (Wildman–Crippen MR) is 104 cm³/mol. The lowest BCUT2D eigenvalue weighted by Gasteiger charge is -2.31. The third-order valence-corrected chi connectivity index (χ3v) is 4.48. The van der Waals surface area contributed by atoms with Gasteiger partial charge in [-0.3, -0.25) is 0 Å². The van der Waals surface area contributed by atoms with Gasteiger partial charge in [0.1, 0.15) is 0 Å². The molecule has 0 unspecified atom stereocenters. The molecule has 0 bridgehead atoms. The molecule has 0 aliphatic heterocycles. The summed E-state index contributed by atoms with van der Waals surface area (Å²) in [5, 5.41) is 21.6. The number of nitrogens with zero attached hydrogens (tertiary/aromatic N) is 2. The molecule has 29 heavy (non-hydrogen) atoms. The van der Waals surface area contributed by atoms with Gasteiger partial charge < -0.3 is 25.0 Å². The van der Waals surface area contributed by atoms with Gasteiger partial charge in [0, 0.05) is 30.7 Å². The van der Waals surface area contributed by atoms with E-state index >= 15 is 0 Å². The van der Waals surface area contributed by atoms with Crippen LogP contribution in [0.2, 0.25) is 0 Å². The molecular weight excluding hydrogens is 390 g/mol. The van der Waals surface area contributed by atoms with Crippen molar-refractivity contribution in [2.24, 2.45) is 0 Å². The SMILES string of the molecule is C=CC[C@H](CCC(F)(F)F)NC(=O)N(CC)[C@H](C)c1cnc(OC)c(B(O)O)c1. The average Bonchev–Trinajstić information content (AvgIpc) is 2.65. The topological polar surface area (TPSA) is 94.9 Å². The number of methoxy groups -OCH3 is 1. The Bertz CT molecular complexity index is 689. The van der Waals surface area contributed by atoms with Crippen molar-refractivity contribution in [2.75, 3.05) is 13.7 Å². The van der Waals surface area contributed by atoms with Crippen molar-refractivity contribution in [1.29, 1.82) is 0 Å². The van der Waals surface area contributed by atoms with Crippen LogP contribution in [-0.2, 0) is 0 Å². The van der Waals surface area contributed by atoms with Gasteiger partial charge in [-0.15, -0.1) is 6.58 Å². The number of urea groups is 1. The number of nitrogens with one attached hydrogen (secondary N) is 1. The zero-order valence-electron chi connectivity index (χ0n) is 16.7. The number of halogens is 3. The number of pyridine rings is 1. The van der Waals surface area contributed by atoms with Crippen molar-refractivity contribution < 1.29 is 32.8 Å². The highest BCUT2D eigenvalue weighted by atomic mass is 19.4. The Balaban J connectivity index is 2.97. The number of rotatable bonds is 10. The fourth-order valence-corrected chi connectivity index (χ4v) is 2.89. The quantitative estimate of drug-likeness (QED) is 0.401. The van der Waals surface area contributed by atoms with Gasteiger partial charge in [0.2, 0.25) is 5.88 Å². The molecule has 2 atom stereocenters. The number of alkyl halides is 3. The molecule has 1 rings (SSSR count). The van der Waals surface area contributed by atoms with Gasteiger partial charge in [-0.2, -0.15) is 13.2 Å². The van der Waals surface area contributed by atoms with E-state index in [9.17, 15) is 28.0 Å². The van der Waals surface area contributed by atoms with Crippen molar-refractivity contribution in [3.63, 3.8) is 0 Å². The summed E-state index contributed by atoms with van der Waals surface area (Å²) in [6, 6.07) is -0.298. The lowest BCUT2D eigenvalue weighted by molar-refractivity contribution is -0.136. The summed E-state index contributed by atoms with van der Waals surface area (Å²) in [5.74, 6) is 0.0432. The van der Waals surface area contributed by atoms with Gasteiger partial charge in [0.05, 0.1) is 13.2 Å². The maximum Gasteiger partial charge on any atom is 0.494 e. The summed E-state index contributed by atoms with van der Waals surface area (Å²) < 4.78 is 42.6. The Hall–Kier alpha value is -2.27. The normalized spacial score (nSPS) is 13.4. The lowest BCUT2D eigenvalue weighted by atomic mass is 9.80. The molecule has 0 fully saturated rings. The van der Waals surface area contributed by atoms with Crippen molar-refractivity contribution >= 4 is 18.6 Å². The number of aromatic nitrogens is 1. The fraction of sp³-hybridized carbons (Fsp3) is 0.556. The molecule has 0 aliphatic rings. The first-order valence-corrected chi connectivity index (χ1v) is 9.18. The van der Waals surface area contributed by atoms with E-state index in [1.54, 1.807) is 13.8 Å². The van der Waals surface area contributed by atoms with E-state index in [1.165, 1.54) is 30.3 Å². The minimum Gasteiger partial charge on any atom is -0.481 e. The van der Waals surface area contributed by atoms with Crippen LogP contribution in [0.15, 0.2) is 24.9 Å². The first-order chi connectivity index (χ1) is 13.5. The molecule has 0 aliphatic carbocycles. The van der Waals surface area contributed by atoms with E-state index in [0.717, 1.165) is 0 Å². The third-order valence-electron chi connectivity index (χ3n) is 4.48. The minimum absolute atomic E-state index is 0.0432. The van der Waals surface area contributed by atoms with E-state index in [4.69, 9.17) is 4.74 Å². The monoisotopic (exact) mass is 417 g/mol. The standard InChI is InChI=1S/C18H27BF3N3O4/c1-5-7-14(8-9-18(20,21)22)24-17(26)25(6-2)12(3)13-10-15(19(27)28)16(29-4)23-11-13/h5,10-12,14,27-28H,1,6-9H2,2-4H3,(H,24,26)/t12-,14-/m1/s1. The smallest absolute Gasteiger partial charge is 0.481 e. The fourth-order valence-electron chi connectivity index (χ4n) is 2.89. The third kappa shape index (κ3) is 7.58. The number of amides is 2. The Labute approximate surface area is 168 Å². The van der Waals surface area contributed by atoms with Crippen LogP contribution in [0.3, 0.4) is 0 Å². The van der Waals surface area contributed by atoms with Gasteiger partial charge in [0.15, 0.2) is 0 Å². The molecule has 11 heteroatoms. The number of hydrogen-bond donors (Lipinski definition) is 3. The van der Waals surface area contributed by atoms with Crippen LogP contribution in [0.25, 0.3) is 0 Å². The van der Waals surface area contributed by atoms with Crippen LogP contribution >= 0.6 is 0 Å². The molecule has 1 aromatic heterocycles. The van der Waals surface area contributed by atoms with E-state index < -0.39 is 37.8 Å². The van der Waals surface area contributed by atoms with Crippen LogP contribution in [0.1, 0.15) is 44.7 Å². The first kappa shape index (κ1) is 24.8. The molecule has 1 heterocycles. The lowest BCUT2D eigenvalue weighted by Crippen LogP contribution is -2.46. The van der Waals surface area contributed by atoms with Crippen molar-refractivity contribution in [3.05, 3.63) is 30.5 Å². The zero-order chi connectivity index (χ0) is 22.2. The molecule has 0 saturated heterocycles. The molecule has 7 nitrogen and oxygen atoms in total. The molecule has 0 spiro atoms. The highest BCUT2D eigenvalue weighted by Gasteiger charge is 2.30. The molecule has 2 amide bonds. The van der Waals surface area contributed by atoms with Gasteiger partial charge in [-0.1, -0.05) is 12.1 Å². The first-order valence-electron chi connectivity index (χ1n) is 9.18. The Morgan fingerprint density at radius 1 is 1.48 bits per heavy atom. The molecule has 3 N–H and O–H groups in total. The van der Waals surface area contributed by atoms with E-state index in [-0.39, 0.29) is 30.7 Å². The van der Waals surface area contributed by atoms with Crippen molar-refractivity contribution in [2.45, 2.75) is 51.4 Å². The van der Waals surface area contributed by atoms with E-state index in [0.29, 0.717) is 5.56 Å². The highest BCUT2D eigenvalue weighted by molar-refractivity contribution is 6.59. The van der Waals surface area contributed by atoms with Gasteiger partial charge in [0.25, 0.3) is 0 Å². The summed E-state index contributed by atoms with van der Waals surface area (Å²) in [6.07, 6.45) is -2.46.